The van der Waals surface area contributed by atoms with Crippen LogP contribution in [0.5, 0.6) is 0 Å². The first-order valence-corrected chi connectivity index (χ1v) is 7.68. The van der Waals surface area contributed by atoms with Crippen molar-refractivity contribution in [2.24, 2.45) is 5.92 Å². The van der Waals surface area contributed by atoms with Crippen LogP contribution in [0.15, 0.2) is 18.2 Å². The van der Waals surface area contributed by atoms with E-state index in [2.05, 4.69) is 0 Å². The molecule has 0 aromatic heterocycles. The van der Waals surface area contributed by atoms with E-state index in [0.717, 1.165) is 25.7 Å². The predicted molar refractivity (Wildman–Crippen MR) is 77.5 cm³/mol. The summed E-state index contributed by atoms with van der Waals surface area (Å²) in [6.07, 6.45) is 4.34. The maximum atomic E-state index is 13.3. The molecular formula is C17H20FNO2. The normalized spacial score (nSPS) is 25.6. The Balaban J connectivity index is 1.82. The van der Waals surface area contributed by atoms with Crippen LogP contribution in [0.25, 0.3) is 0 Å². The average Bonchev–Trinajstić information content (AvgIpc) is 3.09. The van der Waals surface area contributed by atoms with Crippen molar-refractivity contribution in [3.8, 4) is 0 Å². The standard InChI is InChI=1S/C17H20FNO2/c1-11-10-12(7-8-14(11)18)17(21)19-9-3-5-15(19)13-4-2-6-16(13)20/h7-8,10,13,15H,2-6,9H2,1H3. The Morgan fingerprint density at radius 1 is 1.29 bits per heavy atom. The molecule has 1 aliphatic heterocycles. The number of halogens is 1. The van der Waals surface area contributed by atoms with Crippen LogP contribution < -0.4 is 0 Å². The first-order chi connectivity index (χ1) is 10.1. The maximum absolute atomic E-state index is 13.3. The van der Waals surface area contributed by atoms with Crippen molar-refractivity contribution < 1.29 is 14.0 Å². The third-order valence-electron chi connectivity index (χ3n) is 4.78. The van der Waals surface area contributed by atoms with Crippen molar-refractivity contribution in [3.63, 3.8) is 0 Å². The fourth-order valence-corrected chi connectivity index (χ4v) is 3.66. The SMILES string of the molecule is Cc1cc(C(=O)N2CCCC2C2CCCC2=O)ccc1F. The Labute approximate surface area is 124 Å². The van der Waals surface area contributed by atoms with Gasteiger partial charge in [-0.3, -0.25) is 9.59 Å². The Bertz CT molecular complexity index is 584. The van der Waals surface area contributed by atoms with Crippen LogP contribution in [-0.2, 0) is 4.79 Å². The zero-order chi connectivity index (χ0) is 15.0. The lowest BCUT2D eigenvalue weighted by Gasteiger charge is -2.28. The number of hydrogen-bond acceptors (Lipinski definition) is 2. The number of likely N-dealkylation sites (tertiary alicyclic amines) is 1. The lowest BCUT2D eigenvalue weighted by Crippen LogP contribution is -2.41. The van der Waals surface area contributed by atoms with Crippen molar-refractivity contribution >= 4 is 11.7 Å². The van der Waals surface area contributed by atoms with Gasteiger partial charge in [0, 0.05) is 30.5 Å². The molecule has 1 amide bonds. The second kappa shape index (κ2) is 5.58. The van der Waals surface area contributed by atoms with Gasteiger partial charge in [-0.05, 0) is 56.4 Å². The van der Waals surface area contributed by atoms with Crippen LogP contribution >= 0.6 is 0 Å². The molecule has 0 spiro atoms. The van der Waals surface area contributed by atoms with Gasteiger partial charge in [-0.25, -0.2) is 4.39 Å². The Morgan fingerprint density at radius 3 is 2.76 bits per heavy atom. The first kappa shape index (κ1) is 14.2. The summed E-state index contributed by atoms with van der Waals surface area (Å²) in [7, 11) is 0. The van der Waals surface area contributed by atoms with Gasteiger partial charge in [-0.1, -0.05) is 0 Å². The summed E-state index contributed by atoms with van der Waals surface area (Å²) in [6, 6.07) is 4.52. The van der Waals surface area contributed by atoms with Gasteiger partial charge < -0.3 is 4.90 Å². The smallest absolute Gasteiger partial charge is 0.254 e. The highest BCUT2D eigenvalue weighted by molar-refractivity contribution is 5.95. The van der Waals surface area contributed by atoms with E-state index in [-0.39, 0.29) is 23.7 Å². The quantitative estimate of drug-likeness (QED) is 0.839. The number of rotatable bonds is 2. The largest absolute Gasteiger partial charge is 0.335 e. The maximum Gasteiger partial charge on any atom is 0.254 e. The van der Waals surface area contributed by atoms with Gasteiger partial charge in [0.15, 0.2) is 0 Å². The molecular weight excluding hydrogens is 269 g/mol. The molecule has 1 saturated heterocycles. The summed E-state index contributed by atoms with van der Waals surface area (Å²) >= 11 is 0. The van der Waals surface area contributed by atoms with Crippen LogP contribution in [0.3, 0.4) is 0 Å². The summed E-state index contributed by atoms with van der Waals surface area (Å²) in [4.78, 5) is 26.5. The zero-order valence-electron chi connectivity index (χ0n) is 12.3. The van der Waals surface area contributed by atoms with Gasteiger partial charge in [0.2, 0.25) is 0 Å². The molecule has 21 heavy (non-hydrogen) atoms. The van der Waals surface area contributed by atoms with Crippen molar-refractivity contribution in [2.45, 2.75) is 45.1 Å². The molecule has 112 valence electrons. The highest BCUT2D eigenvalue weighted by atomic mass is 19.1. The van der Waals surface area contributed by atoms with Crippen molar-refractivity contribution in [2.75, 3.05) is 6.54 Å². The Morgan fingerprint density at radius 2 is 2.10 bits per heavy atom. The summed E-state index contributed by atoms with van der Waals surface area (Å²) in [5, 5.41) is 0. The molecule has 0 radical (unpaired) electrons. The summed E-state index contributed by atoms with van der Waals surface area (Å²) in [5.74, 6) is -0.0521. The highest BCUT2D eigenvalue weighted by Gasteiger charge is 2.40. The molecule has 2 atom stereocenters. The van der Waals surface area contributed by atoms with Gasteiger partial charge in [0.05, 0.1) is 0 Å². The summed E-state index contributed by atoms with van der Waals surface area (Å²) < 4.78 is 13.3. The third kappa shape index (κ3) is 2.59. The van der Waals surface area contributed by atoms with E-state index in [1.54, 1.807) is 13.0 Å². The molecule has 3 rings (SSSR count). The Hall–Kier alpha value is -1.71. The van der Waals surface area contributed by atoms with E-state index in [4.69, 9.17) is 0 Å². The van der Waals surface area contributed by atoms with Gasteiger partial charge in [-0.15, -0.1) is 0 Å². The Kier molecular flexibility index (Phi) is 3.79. The molecule has 2 fully saturated rings. The number of amides is 1. The molecule has 0 bridgehead atoms. The number of nitrogens with zero attached hydrogens (tertiary/aromatic N) is 1. The van der Waals surface area contributed by atoms with Crippen LogP contribution in [-0.4, -0.2) is 29.2 Å². The summed E-state index contributed by atoms with van der Waals surface area (Å²) in [6.45, 7) is 2.36. The fraction of sp³-hybridized carbons (Fsp3) is 0.529. The van der Waals surface area contributed by atoms with Crippen LogP contribution in [0.4, 0.5) is 4.39 Å². The monoisotopic (exact) mass is 289 g/mol. The van der Waals surface area contributed by atoms with E-state index >= 15 is 0 Å². The minimum absolute atomic E-state index is 0.0120. The van der Waals surface area contributed by atoms with E-state index in [1.807, 2.05) is 4.90 Å². The zero-order valence-corrected chi connectivity index (χ0v) is 12.3. The molecule has 1 aliphatic carbocycles. The van der Waals surface area contributed by atoms with Crippen molar-refractivity contribution in [1.29, 1.82) is 0 Å². The molecule has 3 nitrogen and oxygen atoms in total. The highest BCUT2D eigenvalue weighted by Crippen LogP contribution is 2.34. The van der Waals surface area contributed by atoms with Crippen LogP contribution in [0.1, 0.15) is 48.0 Å². The second-order valence-electron chi connectivity index (χ2n) is 6.14. The van der Waals surface area contributed by atoms with Gasteiger partial charge in [0.25, 0.3) is 5.91 Å². The van der Waals surface area contributed by atoms with Crippen LogP contribution in [0, 0.1) is 18.7 Å². The topological polar surface area (TPSA) is 37.4 Å². The molecule has 4 heteroatoms. The lowest BCUT2D eigenvalue weighted by atomic mass is 9.94. The first-order valence-electron chi connectivity index (χ1n) is 7.68. The summed E-state index contributed by atoms with van der Waals surface area (Å²) in [5.41, 5.74) is 1.000. The molecule has 1 saturated carbocycles. The van der Waals surface area contributed by atoms with Crippen LogP contribution in [0.2, 0.25) is 0 Å². The molecule has 1 aromatic rings. The number of carbonyl (C=O) groups is 2. The lowest BCUT2D eigenvalue weighted by molar-refractivity contribution is -0.121. The number of ketones is 1. The van der Waals surface area contributed by atoms with E-state index in [9.17, 15) is 14.0 Å². The number of carbonyl (C=O) groups excluding carboxylic acids is 2. The number of hydrogen-bond donors (Lipinski definition) is 0. The minimum atomic E-state index is -0.296. The number of aryl methyl sites for hydroxylation is 1. The van der Waals surface area contributed by atoms with Gasteiger partial charge in [0.1, 0.15) is 11.6 Å². The molecule has 1 aromatic carbocycles. The second-order valence-corrected chi connectivity index (χ2v) is 6.14. The van der Waals surface area contributed by atoms with Crippen molar-refractivity contribution in [1.82, 2.24) is 4.90 Å². The van der Waals surface area contributed by atoms with Gasteiger partial charge in [-0.2, -0.15) is 0 Å². The number of benzene rings is 1. The average molecular weight is 289 g/mol. The van der Waals surface area contributed by atoms with Crippen molar-refractivity contribution in [3.05, 3.63) is 35.1 Å². The minimum Gasteiger partial charge on any atom is -0.335 e. The van der Waals surface area contributed by atoms with Gasteiger partial charge >= 0.3 is 0 Å². The molecule has 2 unspecified atom stereocenters. The fourth-order valence-electron chi connectivity index (χ4n) is 3.66. The molecule has 2 aliphatic rings. The third-order valence-corrected chi connectivity index (χ3v) is 4.78. The predicted octanol–water partition coefficient (Wildman–Crippen LogP) is 3.11. The van der Waals surface area contributed by atoms with E-state index < -0.39 is 0 Å². The molecule has 0 N–H and O–H groups in total. The molecule has 1 heterocycles. The van der Waals surface area contributed by atoms with E-state index in [1.165, 1.54) is 12.1 Å². The van der Waals surface area contributed by atoms with E-state index in [0.29, 0.717) is 29.9 Å². The number of Topliss-reactive ketones (excluding diaryl/α,β-unsaturated/α-hetero) is 1.